The molecule has 0 saturated carbocycles. The van der Waals surface area contributed by atoms with E-state index < -0.39 is 42.4 Å². The summed E-state index contributed by atoms with van der Waals surface area (Å²) in [6.07, 6.45) is -3.49. The van der Waals surface area contributed by atoms with Gasteiger partial charge >= 0.3 is 17.9 Å². The van der Waals surface area contributed by atoms with Crippen LogP contribution in [0.2, 0.25) is 5.02 Å². The molecule has 238 valence electrons. The molecule has 6 rings (SSSR count). The summed E-state index contributed by atoms with van der Waals surface area (Å²) < 4.78 is 25.4. The molecular formula is C34H27ClN4O8. The fourth-order valence-corrected chi connectivity index (χ4v) is 5.32. The number of rotatable bonds is 9. The van der Waals surface area contributed by atoms with E-state index in [1.54, 1.807) is 91.0 Å². The van der Waals surface area contributed by atoms with Crippen LogP contribution >= 0.6 is 11.6 Å². The average Bonchev–Trinajstić information content (AvgIpc) is 3.65. The lowest BCUT2D eigenvalue weighted by Crippen LogP contribution is -2.41. The summed E-state index contributed by atoms with van der Waals surface area (Å²) in [5, 5.41) is 2.78. The van der Waals surface area contributed by atoms with Gasteiger partial charge in [-0.2, -0.15) is 0 Å². The molecule has 13 heteroatoms. The van der Waals surface area contributed by atoms with Gasteiger partial charge < -0.3 is 24.3 Å². The lowest BCUT2D eigenvalue weighted by molar-refractivity contribution is -0.114. The van der Waals surface area contributed by atoms with Crippen molar-refractivity contribution in [3.63, 3.8) is 0 Å². The van der Waals surface area contributed by atoms with Gasteiger partial charge in [-0.05, 0) is 36.4 Å². The molecule has 5 aromatic rings. The smallest absolute Gasteiger partial charge is 0.338 e. The molecule has 1 aliphatic heterocycles. The highest BCUT2D eigenvalue weighted by atomic mass is 35.5. The molecule has 0 unspecified atom stereocenters. The summed E-state index contributed by atoms with van der Waals surface area (Å²) in [7, 11) is 0. The van der Waals surface area contributed by atoms with Crippen LogP contribution in [0.25, 0.3) is 11.2 Å². The molecule has 1 amide bonds. The molecule has 3 heterocycles. The molecule has 2 aromatic heterocycles. The third kappa shape index (κ3) is 6.98. The zero-order valence-electron chi connectivity index (χ0n) is 24.8. The number of amides is 1. The molecule has 0 aliphatic carbocycles. The maximum Gasteiger partial charge on any atom is 0.338 e. The van der Waals surface area contributed by atoms with E-state index in [1.807, 2.05) is 0 Å². The van der Waals surface area contributed by atoms with Gasteiger partial charge in [0.25, 0.3) is 0 Å². The van der Waals surface area contributed by atoms with Gasteiger partial charge in [0.15, 0.2) is 24.1 Å². The van der Waals surface area contributed by atoms with E-state index in [4.69, 9.17) is 30.5 Å². The van der Waals surface area contributed by atoms with E-state index in [1.165, 1.54) is 23.9 Å². The highest BCUT2D eigenvalue weighted by molar-refractivity contribution is 6.35. The number of benzene rings is 3. The highest BCUT2D eigenvalue weighted by Gasteiger charge is 2.52. The molecule has 47 heavy (non-hydrogen) atoms. The highest BCUT2D eigenvalue weighted by Crippen LogP contribution is 2.38. The first kappa shape index (κ1) is 31.4. The number of pyridine rings is 1. The Bertz CT molecular complexity index is 1920. The Balaban J connectivity index is 1.40. The summed E-state index contributed by atoms with van der Waals surface area (Å²) in [4.78, 5) is 60.4. The van der Waals surface area contributed by atoms with E-state index in [2.05, 4.69) is 15.3 Å². The molecule has 12 nitrogen and oxygen atoms in total. The molecule has 1 fully saturated rings. The second kappa shape index (κ2) is 13.8. The van der Waals surface area contributed by atoms with Gasteiger partial charge in [-0.3, -0.25) is 9.36 Å². The summed E-state index contributed by atoms with van der Waals surface area (Å²) >= 11 is 6.48. The van der Waals surface area contributed by atoms with Crippen LogP contribution < -0.4 is 5.32 Å². The second-order valence-electron chi connectivity index (χ2n) is 10.5. The summed E-state index contributed by atoms with van der Waals surface area (Å²) in [5.74, 6) is -2.30. The zero-order valence-corrected chi connectivity index (χ0v) is 25.6. The second-order valence-corrected chi connectivity index (χ2v) is 10.9. The number of imidazole rings is 1. The normalized spacial score (nSPS) is 18.8. The first-order chi connectivity index (χ1) is 22.8. The largest absolute Gasteiger partial charge is 0.459 e. The maximum atomic E-state index is 13.5. The number of anilines is 1. The van der Waals surface area contributed by atoms with Crippen molar-refractivity contribution in [1.82, 2.24) is 14.5 Å². The van der Waals surface area contributed by atoms with Crippen LogP contribution in [-0.4, -0.2) is 63.3 Å². The Morgan fingerprint density at radius 3 is 1.89 bits per heavy atom. The lowest BCUT2D eigenvalue weighted by Gasteiger charge is -2.25. The number of esters is 3. The number of carbonyl (C=O) groups is 4. The maximum absolute atomic E-state index is 13.5. The topological polar surface area (TPSA) is 148 Å². The minimum absolute atomic E-state index is 0.146. The van der Waals surface area contributed by atoms with Crippen LogP contribution in [0.15, 0.2) is 103 Å². The Kier molecular flexibility index (Phi) is 9.23. The van der Waals surface area contributed by atoms with E-state index in [0.29, 0.717) is 5.56 Å². The Morgan fingerprint density at radius 1 is 0.809 bits per heavy atom. The van der Waals surface area contributed by atoms with Crippen molar-refractivity contribution >= 4 is 52.4 Å². The van der Waals surface area contributed by atoms with Crippen LogP contribution in [0.3, 0.4) is 0 Å². The van der Waals surface area contributed by atoms with Gasteiger partial charge in [-0.15, -0.1) is 0 Å². The first-order valence-electron chi connectivity index (χ1n) is 14.5. The quantitative estimate of drug-likeness (QED) is 0.165. The summed E-state index contributed by atoms with van der Waals surface area (Å²) in [6, 6.07) is 26.3. The lowest BCUT2D eigenvalue weighted by atomic mass is 10.1. The molecule has 0 radical (unpaired) electrons. The van der Waals surface area contributed by atoms with Crippen molar-refractivity contribution in [3.05, 3.63) is 125 Å². The molecule has 3 aromatic carbocycles. The minimum atomic E-state index is -1.29. The SMILES string of the molecule is CC(=O)Nc1cc(Cl)c2ncn([C@@H]3O[C@H](COC(=O)c4ccccc4)[C@@H](OC(=O)c4ccccc4)[C@H]3OC(=O)c3ccccc3)c2n1. The van der Waals surface area contributed by atoms with E-state index in [0.717, 1.165) is 0 Å². The number of carbonyl (C=O) groups excluding carboxylic acids is 4. The van der Waals surface area contributed by atoms with Crippen molar-refractivity contribution < 1.29 is 38.1 Å². The fraction of sp³-hybridized carbons (Fsp3) is 0.176. The number of hydrogen-bond donors (Lipinski definition) is 1. The van der Waals surface area contributed by atoms with Gasteiger partial charge in [0, 0.05) is 13.0 Å². The number of fused-ring (bicyclic) bond motifs is 1. The van der Waals surface area contributed by atoms with Crippen molar-refractivity contribution in [2.45, 2.75) is 31.5 Å². The molecule has 0 bridgehead atoms. The van der Waals surface area contributed by atoms with E-state index >= 15 is 0 Å². The van der Waals surface area contributed by atoms with Crippen molar-refractivity contribution in [2.24, 2.45) is 0 Å². The number of nitrogens with zero attached hydrogens (tertiary/aromatic N) is 3. The number of halogens is 1. The molecule has 4 atom stereocenters. The van der Waals surface area contributed by atoms with E-state index in [-0.39, 0.29) is 45.6 Å². The molecule has 1 aliphatic rings. The number of hydrogen-bond acceptors (Lipinski definition) is 10. The molecule has 1 saturated heterocycles. The van der Waals surface area contributed by atoms with Gasteiger partial charge in [0.05, 0.1) is 28.0 Å². The van der Waals surface area contributed by atoms with Gasteiger partial charge in [0.1, 0.15) is 24.0 Å². The van der Waals surface area contributed by atoms with Crippen LogP contribution in [0, 0.1) is 0 Å². The Morgan fingerprint density at radius 2 is 1.34 bits per heavy atom. The van der Waals surface area contributed by atoms with Crippen molar-refractivity contribution in [1.29, 1.82) is 0 Å². The van der Waals surface area contributed by atoms with Crippen LogP contribution in [0.4, 0.5) is 5.82 Å². The molecular weight excluding hydrogens is 628 g/mol. The zero-order chi connectivity index (χ0) is 32.9. The summed E-state index contributed by atoms with van der Waals surface area (Å²) in [5.41, 5.74) is 1.24. The predicted octanol–water partition coefficient (Wildman–Crippen LogP) is 5.25. The van der Waals surface area contributed by atoms with Gasteiger partial charge in [0.2, 0.25) is 5.91 Å². The number of nitrogens with one attached hydrogen (secondary N) is 1. The number of aromatic nitrogens is 3. The number of ether oxygens (including phenoxy) is 4. The first-order valence-corrected chi connectivity index (χ1v) is 14.9. The van der Waals surface area contributed by atoms with Gasteiger partial charge in [-0.1, -0.05) is 66.2 Å². The standard InChI is InChI=1S/C34H27ClN4O8/c1-20(40)37-26-17-24(35)27-30(38-26)39(19-36-27)31-29(47-34(43)23-15-9-4-10-16-23)28(46-33(42)22-13-7-3-8-14-22)25(45-31)18-44-32(41)21-11-5-2-6-12-21/h2-17,19,25,28-29,31H,18H2,1H3,(H,37,38,40)/t25-,28-,29-,31-/m1/s1. The Labute approximate surface area is 273 Å². The van der Waals surface area contributed by atoms with E-state index in [9.17, 15) is 19.2 Å². The Hall–Kier alpha value is -5.59. The van der Waals surface area contributed by atoms with Gasteiger partial charge in [-0.25, -0.2) is 24.4 Å². The van der Waals surface area contributed by atoms with Crippen LogP contribution in [0.5, 0.6) is 0 Å². The minimum Gasteiger partial charge on any atom is -0.459 e. The van der Waals surface area contributed by atoms with Crippen molar-refractivity contribution in [2.75, 3.05) is 11.9 Å². The third-order valence-electron chi connectivity index (χ3n) is 7.24. The molecule has 1 N–H and O–H groups in total. The summed E-state index contributed by atoms with van der Waals surface area (Å²) in [6.45, 7) is 0.956. The van der Waals surface area contributed by atoms with Crippen molar-refractivity contribution in [3.8, 4) is 0 Å². The average molecular weight is 655 g/mol. The molecule has 0 spiro atoms. The monoisotopic (exact) mass is 654 g/mol. The predicted molar refractivity (Wildman–Crippen MR) is 169 cm³/mol. The third-order valence-corrected chi connectivity index (χ3v) is 7.53. The van der Waals surface area contributed by atoms with Crippen LogP contribution in [0.1, 0.15) is 44.2 Å². The fourth-order valence-electron chi connectivity index (χ4n) is 5.08. The van der Waals surface area contributed by atoms with Crippen LogP contribution in [-0.2, 0) is 23.7 Å².